The Bertz CT molecular complexity index is 1640. The molecule has 0 radical (unpaired) electrons. The van der Waals surface area contributed by atoms with E-state index in [1.165, 1.54) is 6.07 Å². The summed E-state index contributed by atoms with van der Waals surface area (Å²) in [5, 5.41) is 21.8. The standard InChI is InChI=1S/C25H24N4O4.C2HF3O2/c1-4-29(20-8-6-5-7-17(20)25(31)32)21-10-15(2)9-18-22(30)11-23(33-24(18)21)28-13-16-12-27(3)26-19(16)14-28;3-2(4,5)1(6)7/h5-12H,4,13-14H2,1-3H3,(H,31,32);(H,6,7). The van der Waals surface area contributed by atoms with Gasteiger partial charge >= 0.3 is 18.1 Å². The largest absolute Gasteiger partial charge is 0.490 e. The monoisotopic (exact) mass is 558 g/mol. The van der Waals surface area contributed by atoms with Crippen LogP contribution in [0, 0.1) is 6.92 Å². The summed E-state index contributed by atoms with van der Waals surface area (Å²) < 4.78 is 39.9. The summed E-state index contributed by atoms with van der Waals surface area (Å²) in [7, 11) is 1.89. The van der Waals surface area contributed by atoms with E-state index in [0.29, 0.717) is 47.9 Å². The first-order chi connectivity index (χ1) is 18.8. The predicted octanol–water partition coefficient (Wildman–Crippen LogP) is 4.84. The third-order valence-electron chi connectivity index (χ3n) is 6.22. The van der Waals surface area contributed by atoms with Crippen molar-refractivity contribution in [3.05, 3.63) is 81.3 Å². The smallest absolute Gasteiger partial charge is 0.478 e. The first-order valence-electron chi connectivity index (χ1n) is 12.0. The van der Waals surface area contributed by atoms with Gasteiger partial charge in [0.15, 0.2) is 11.0 Å². The number of carboxylic acids is 2. The molecule has 13 heteroatoms. The topological polar surface area (TPSA) is 129 Å². The molecule has 5 rings (SSSR count). The Hall–Kier alpha value is -4.81. The molecule has 2 aromatic heterocycles. The van der Waals surface area contributed by atoms with Gasteiger partial charge in [-0.15, -0.1) is 0 Å². The summed E-state index contributed by atoms with van der Waals surface area (Å²) >= 11 is 0. The Morgan fingerprint density at radius 3 is 2.38 bits per heavy atom. The minimum Gasteiger partial charge on any atom is -0.478 e. The number of fused-ring (bicyclic) bond motifs is 2. The molecule has 0 aliphatic carbocycles. The van der Waals surface area contributed by atoms with Crippen LogP contribution in [0.5, 0.6) is 0 Å². The van der Waals surface area contributed by atoms with Crippen molar-refractivity contribution < 1.29 is 37.4 Å². The van der Waals surface area contributed by atoms with E-state index < -0.39 is 18.1 Å². The number of anilines is 3. The zero-order valence-electron chi connectivity index (χ0n) is 21.7. The number of aliphatic carboxylic acids is 1. The highest BCUT2D eigenvalue weighted by molar-refractivity contribution is 5.99. The molecule has 1 aliphatic heterocycles. The molecule has 1 aliphatic rings. The summed E-state index contributed by atoms with van der Waals surface area (Å²) in [6.45, 7) is 5.52. The van der Waals surface area contributed by atoms with Gasteiger partial charge in [0.25, 0.3) is 0 Å². The zero-order chi connectivity index (χ0) is 29.4. The van der Waals surface area contributed by atoms with Crippen LogP contribution in [0.4, 0.5) is 30.4 Å². The Kier molecular flexibility index (Phi) is 7.58. The number of para-hydroxylation sites is 1. The van der Waals surface area contributed by atoms with Gasteiger partial charge in [-0.25, -0.2) is 9.59 Å². The van der Waals surface area contributed by atoms with Crippen LogP contribution in [0.25, 0.3) is 11.0 Å². The van der Waals surface area contributed by atoms with Crippen LogP contribution < -0.4 is 15.2 Å². The Morgan fingerprint density at radius 1 is 1.10 bits per heavy atom. The maximum Gasteiger partial charge on any atom is 0.490 e. The van der Waals surface area contributed by atoms with E-state index in [1.54, 1.807) is 28.9 Å². The SMILES string of the molecule is CCN(c1ccccc1C(=O)O)c1cc(C)cc2c(=O)cc(N3Cc4cn(C)nc4C3)oc12.O=C(O)C(F)(F)F. The summed E-state index contributed by atoms with van der Waals surface area (Å²) in [6, 6.07) is 12.1. The number of nitrogens with zero attached hydrogens (tertiary/aromatic N) is 4. The van der Waals surface area contributed by atoms with E-state index in [2.05, 4.69) is 5.10 Å². The van der Waals surface area contributed by atoms with Crippen LogP contribution in [0.15, 0.2) is 57.9 Å². The molecule has 0 unspecified atom stereocenters. The fourth-order valence-electron chi connectivity index (χ4n) is 4.53. The number of benzene rings is 2. The van der Waals surface area contributed by atoms with E-state index in [1.807, 2.05) is 49.0 Å². The molecule has 4 aromatic rings. The number of hydrogen-bond acceptors (Lipinski definition) is 7. The molecule has 0 saturated carbocycles. The first-order valence-corrected chi connectivity index (χ1v) is 12.0. The average molecular weight is 559 g/mol. The molecular formula is C27H25F3N4O6. The summed E-state index contributed by atoms with van der Waals surface area (Å²) in [5.74, 6) is -3.29. The number of halogens is 3. The number of aryl methyl sites for hydroxylation is 2. The molecule has 0 fully saturated rings. The predicted molar refractivity (Wildman–Crippen MR) is 140 cm³/mol. The minimum atomic E-state index is -5.08. The second-order valence-corrected chi connectivity index (χ2v) is 9.11. The van der Waals surface area contributed by atoms with Gasteiger partial charge in [-0.1, -0.05) is 12.1 Å². The van der Waals surface area contributed by atoms with Gasteiger partial charge in [0.2, 0.25) is 5.88 Å². The van der Waals surface area contributed by atoms with Gasteiger partial charge in [-0.05, 0) is 43.7 Å². The van der Waals surface area contributed by atoms with Crippen molar-refractivity contribution in [3.8, 4) is 0 Å². The quantitative estimate of drug-likeness (QED) is 0.353. The number of hydrogen-bond donors (Lipinski definition) is 2. The van der Waals surface area contributed by atoms with Crippen molar-refractivity contribution in [1.82, 2.24) is 9.78 Å². The number of aromatic nitrogens is 2. The zero-order valence-corrected chi connectivity index (χ0v) is 21.7. The van der Waals surface area contributed by atoms with Crippen molar-refractivity contribution in [2.75, 3.05) is 16.3 Å². The summed E-state index contributed by atoms with van der Waals surface area (Å²) in [6.07, 6.45) is -3.11. The molecule has 3 heterocycles. The lowest BCUT2D eigenvalue weighted by Crippen LogP contribution is -2.21. The molecule has 10 nitrogen and oxygen atoms in total. The highest BCUT2D eigenvalue weighted by Crippen LogP contribution is 2.37. The van der Waals surface area contributed by atoms with Crippen molar-refractivity contribution >= 4 is 40.2 Å². The fraction of sp³-hybridized carbons (Fsp3) is 0.259. The highest BCUT2D eigenvalue weighted by Gasteiger charge is 2.38. The van der Waals surface area contributed by atoms with E-state index in [-0.39, 0.29) is 11.0 Å². The lowest BCUT2D eigenvalue weighted by molar-refractivity contribution is -0.192. The molecule has 0 amide bonds. The van der Waals surface area contributed by atoms with E-state index in [9.17, 15) is 27.9 Å². The molecule has 40 heavy (non-hydrogen) atoms. The number of alkyl halides is 3. The third kappa shape index (κ3) is 5.63. The van der Waals surface area contributed by atoms with Crippen LogP contribution in [-0.2, 0) is 24.9 Å². The molecule has 210 valence electrons. The van der Waals surface area contributed by atoms with Gasteiger partial charge in [-0.3, -0.25) is 9.48 Å². The Balaban J connectivity index is 0.000000470. The Morgan fingerprint density at radius 2 is 1.77 bits per heavy atom. The summed E-state index contributed by atoms with van der Waals surface area (Å²) in [4.78, 5) is 37.8. The molecule has 2 N–H and O–H groups in total. The molecule has 0 saturated heterocycles. The van der Waals surface area contributed by atoms with Crippen molar-refractivity contribution in [2.45, 2.75) is 33.1 Å². The maximum absolute atomic E-state index is 13.1. The second-order valence-electron chi connectivity index (χ2n) is 9.11. The fourth-order valence-corrected chi connectivity index (χ4v) is 4.53. The molecule has 0 bridgehead atoms. The van der Waals surface area contributed by atoms with E-state index in [4.69, 9.17) is 14.3 Å². The van der Waals surface area contributed by atoms with Gasteiger partial charge in [-0.2, -0.15) is 18.3 Å². The lowest BCUT2D eigenvalue weighted by Gasteiger charge is -2.26. The molecule has 0 spiro atoms. The minimum absolute atomic E-state index is 0.135. The second kappa shape index (κ2) is 10.8. The average Bonchev–Trinajstić information content (AvgIpc) is 3.42. The molecule has 0 atom stereocenters. The van der Waals surface area contributed by atoms with Crippen LogP contribution in [-0.4, -0.2) is 44.7 Å². The number of carbonyl (C=O) groups is 2. The van der Waals surface area contributed by atoms with Crippen LogP contribution in [0.2, 0.25) is 0 Å². The van der Waals surface area contributed by atoms with E-state index in [0.717, 1.165) is 16.8 Å². The lowest BCUT2D eigenvalue weighted by atomic mass is 10.1. The number of aromatic carboxylic acids is 1. The van der Waals surface area contributed by atoms with Gasteiger partial charge in [0.1, 0.15) is 0 Å². The highest BCUT2D eigenvalue weighted by atomic mass is 19.4. The van der Waals surface area contributed by atoms with Gasteiger partial charge < -0.3 is 24.4 Å². The summed E-state index contributed by atoms with van der Waals surface area (Å²) in [5.41, 5.74) is 4.67. The number of rotatable bonds is 5. The van der Waals surface area contributed by atoms with Crippen LogP contribution >= 0.6 is 0 Å². The number of carboxylic acid groups (broad SMARTS) is 2. The van der Waals surface area contributed by atoms with Crippen molar-refractivity contribution in [1.29, 1.82) is 0 Å². The van der Waals surface area contributed by atoms with E-state index >= 15 is 0 Å². The third-order valence-corrected chi connectivity index (χ3v) is 6.22. The molecule has 2 aromatic carbocycles. The van der Waals surface area contributed by atoms with Gasteiger partial charge in [0, 0.05) is 38.0 Å². The van der Waals surface area contributed by atoms with Crippen LogP contribution in [0.1, 0.15) is 34.1 Å². The van der Waals surface area contributed by atoms with Crippen LogP contribution in [0.3, 0.4) is 0 Å². The van der Waals surface area contributed by atoms with Gasteiger partial charge in [0.05, 0.1) is 34.6 Å². The molecular weight excluding hydrogens is 533 g/mol. The van der Waals surface area contributed by atoms with Crippen molar-refractivity contribution in [2.24, 2.45) is 7.05 Å². The first kappa shape index (κ1) is 28.2. The van der Waals surface area contributed by atoms with Crippen molar-refractivity contribution in [3.63, 3.8) is 0 Å². The Labute approximate surface area is 225 Å². The normalized spacial score (nSPS) is 12.6. The maximum atomic E-state index is 13.1.